The number of alkyl halides is 2. The predicted molar refractivity (Wildman–Crippen MR) is 78.0 cm³/mol. The number of carbonyl (C=O) groups excluding carboxylic acids is 1. The number of nitrogens with zero attached hydrogens (tertiary/aromatic N) is 2. The van der Waals surface area contributed by atoms with Crippen molar-refractivity contribution in [2.75, 3.05) is 7.05 Å². The molecule has 2 rings (SSSR count). The molecule has 0 saturated carbocycles. The van der Waals surface area contributed by atoms with E-state index in [1.54, 1.807) is 38.2 Å². The summed E-state index contributed by atoms with van der Waals surface area (Å²) in [7, 11) is 1.60. The molecule has 8 heteroatoms. The van der Waals surface area contributed by atoms with Crippen LogP contribution in [0.3, 0.4) is 0 Å². The molecule has 0 aliphatic rings. The molecule has 0 saturated heterocycles. The number of aromatic nitrogens is 1. The summed E-state index contributed by atoms with van der Waals surface area (Å²) in [5.74, 6) is 0.699. The first-order valence-corrected chi connectivity index (χ1v) is 6.89. The lowest BCUT2D eigenvalue weighted by Gasteiger charge is -2.17. The van der Waals surface area contributed by atoms with E-state index in [-0.39, 0.29) is 24.9 Å². The number of aryl methyl sites for hydroxylation is 1. The highest BCUT2D eigenvalue weighted by Gasteiger charge is 2.13. The number of hydrogen-bond acceptors (Lipinski definition) is 4. The number of nitrogens with one attached hydrogen (secondary N) is 1. The van der Waals surface area contributed by atoms with E-state index in [2.05, 4.69) is 15.2 Å². The van der Waals surface area contributed by atoms with Crippen LogP contribution < -0.4 is 10.1 Å². The van der Waals surface area contributed by atoms with Crippen LogP contribution in [-0.4, -0.2) is 29.7 Å². The highest BCUT2D eigenvalue weighted by Crippen LogP contribution is 2.20. The Labute approximate surface area is 132 Å². The van der Waals surface area contributed by atoms with Gasteiger partial charge in [0.2, 0.25) is 0 Å². The van der Waals surface area contributed by atoms with Crippen molar-refractivity contribution < 1.29 is 22.8 Å². The minimum absolute atomic E-state index is 0.0394. The summed E-state index contributed by atoms with van der Waals surface area (Å²) in [5, 5.41) is 6.45. The van der Waals surface area contributed by atoms with Crippen LogP contribution >= 0.6 is 0 Å². The second kappa shape index (κ2) is 7.57. The molecule has 2 amide bonds. The fourth-order valence-electron chi connectivity index (χ4n) is 1.97. The summed E-state index contributed by atoms with van der Waals surface area (Å²) in [5.41, 5.74) is 1.09. The molecule has 1 aromatic heterocycles. The zero-order valence-corrected chi connectivity index (χ0v) is 12.8. The third-order valence-corrected chi connectivity index (χ3v) is 3.04. The molecule has 6 nitrogen and oxygen atoms in total. The fraction of sp³-hybridized carbons (Fsp3) is 0.333. The van der Waals surface area contributed by atoms with E-state index in [9.17, 15) is 13.6 Å². The smallest absolute Gasteiger partial charge is 0.387 e. The lowest BCUT2D eigenvalue weighted by molar-refractivity contribution is -0.0504. The van der Waals surface area contributed by atoms with Gasteiger partial charge in [-0.15, -0.1) is 0 Å². The van der Waals surface area contributed by atoms with Crippen molar-refractivity contribution in [2.45, 2.75) is 26.6 Å². The van der Waals surface area contributed by atoms with E-state index in [0.29, 0.717) is 17.0 Å². The number of halogens is 2. The Hall–Kier alpha value is -2.64. The fourth-order valence-corrected chi connectivity index (χ4v) is 1.97. The summed E-state index contributed by atoms with van der Waals surface area (Å²) >= 11 is 0. The van der Waals surface area contributed by atoms with Gasteiger partial charge in [-0.2, -0.15) is 8.78 Å². The number of rotatable bonds is 6. The monoisotopic (exact) mass is 325 g/mol. The maximum atomic E-state index is 12.3. The van der Waals surface area contributed by atoms with Gasteiger partial charge in [0.15, 0.2) is 0 Å². The van der Waals surface area contributed by atoms with Gasteiger partial charge in [0.05, 0.1) is 6.54 Å². The highest BCUT2D eigenvalue weighted by atomic mass is 19.3. The van der Waals surface area contributed by atoms with Crippen molar-refractivity contribution in [1.82, 2.24) is 15.4 Å². The van der Waals surface area contributed by atoms with Crippen molar-refractivity contribution in [3.05, 3.63) is 47.3 Å². The number of hydrogen-bond donors (Lipinski definition) is 1. The zero-order valence-electron chi connectivity index (χ0n) is 12.8. The van der Waals surface area contributed by atoms with E-state index >= 15 is 0 Å². The van der Waals surface area contributed by atoms with Crippen LogP contribution in [0.15, 0.2) is 34.9 Å². The Morgan fingerprint density at radius 2 is 2.17 bits per heavy atom. The molecule has 124 valence electrons. The minimum Gasteiger partial charge on any atom is -0.434 e. The molecule has 0 radical (unpaired) electrons. The Morgan fingerprint density at radius 3 is 2.83 bits per heavy atom. The van der Waals surface area contributed by atoms with Crippen molar-refractivity contribution in [2.24, 2.45) is 0 Å². The van der Waals surface area contributed by atoms with Gasteiger partial charge >= 0.3 is 12.6 Å². The zero-order chi connectivity index (χ0) is 16.8. The number of para-hydroxylation sites is 1. The first kappa shape index (κ1) is 16.7. The molecule has 0 aliphatic carbocycles. The molecule has 0 aliphatic heterocycles. The SMILES string of the molecule is Cc1cc(CN(C)C(=O)NCc2ccccc2OC(F)F)no1. The number of ether oxygens (including phenoxy) is 1. The molecule has 23 heavy (non-hydrogen) atoms. The molecular weight excluding hydrogens is 308 g/mol. The minimum atomic E-state index is -2.91. The van der Waals surface area contributed by atoms with Gasteiger partial charge in [0.1, 0.15) is 17.2 Å². The van der Waals surface area contributed by atoms with Crippen LogP contribution in [-0.2, 0) is 13.1 Å². The van der Waals surface area contributed by atoms with Crippen molar-refractivity contribution in [3.63, 3.8) is 0 Å². The summed E-state index contributed by atoms with van der Waals surface area (Å²) in [6.07, 6.45) is 0. The molecule has 0 spiro atoms. The third-order valence-electron chi connectivity index (χ3n) is 3.04. The topological polar surface area (TPSA) is 67.6 Å². The predicted octanol–water partition coefficient (Wildman–Crippen LogP) is 2.93. The van der Waals surface area contributed by atoms with E-state index in [4.69, 9.17) is 4.52 Å². The quantitative estimate of drug-likeness (QED) is 0.887. The molecule has 1 heterocycles. The Morgan fingerprint density at radius 1 is 1.43 bits per heavy atom. The normalized spacial score (nSPS) is 10.7. The molecule has 0 bridgehead atoms. The summed E-state index contributed by atoms with van der Waals surface area (Å²) in [6.45, 7) is -0.802. The molecule has 2 aromatic rings. The van der Waals surface area contributed by atoms with Crippen LogP contribution in [0.5, 0.6) is 5.75 Å². The second-order valence-corrected chi connectivity index (χ2v) is 4.93. The molecule has 0 fully saturated rings. The maximum absolute atomic E-state index is 12.3. The number of urea groups is 1. The summed E-state index contributed by atoms with van der Waals surface area (Å²) < 4.78 is 34.0. The molecule has 0 unspecified atom stereocenters. The first-order valence-electron chi connectivity index (χ1n) is 6.89. The van der Waals surface area contributed by atoms with Crippen LogP contribution in [0.4, 0.5) is 13.6 Å². The lowest BCUT2D eigenvalue weighted by atomic mass is 10.2. The van der Waals surface area contributed by atoms with E-state index in [1.165, 1.54) is 11.0 Å². The van der Waals surface area contributed by atoms with Gasteiger partial charge < -0.3 is 19.5 Å². The Kier molecular flexibility index (Phi) is 5.51. The van der Waals surface area contributed by atoms with Gasteiger partial charge in [-0.1, -0.05) is 23.4 Å². The van der Waals surface area contributed by atoms with Gasteiger partial charge in [-0.25, -0.2) is 4.79 Å². The Balaban J connectivity index is 1.91. The molecule has 1 aromatic carbocycles. The van der Waals surface area contributed by atoms with E-state index in [0.717, 1.165) is 0 Å². The number of benzene rings is 1. The number of amides is 2. The summed E-state index contributed by atoms with van der Waals surface area (Å²) in [6, 6.07) is 7.67. The summed E-state index contributed by atoms with van der Waals surface area (Å²) in [4.78, 5) is 13.4. The van der Waals surface area contributed by atoms with E-state index < -0.39 is 6.61 Å². The van der Waals surface area contributed by atoms with Gasteiger partial charge in [0, 0.05) is 25.2 Å². The van der Waals surface area contributed by atoms with Crippen molar-refractivity contribution >= 4 is 6.03 Å². The van der Waals surface area contributed by atoms with Crippen LogP contribution in [0, 0.1) is 6.92 Å². The largest absolute Gasteiger partial charge is 0.434 e. The van der Waals surface area contributed by atoms with E-state index in [1.807, 2.05) is 0 Å². The van der Waals surface area contributed by atoms with Crippen LogP contribution in [0.2, 0.25) is 0 Å². The van der Waals surface area contributed by atoms with Crippen molar-refractivity contribution in [1.29, 1.82) is 0 Å². The molecule has 0 atom stereocenters. The molecule has 1 N–H and O–H groups in total. The maximum Gasteiger partial charge on any atom is 0.387 e. The average molecular weight is 325 g/mol. The molecular formula is C15H17F2N3O3. The van der Waals surface area contributed by atoms with Crippen molar-refractivity contribution in [3.8, 4) is 5.75 Å². The average Bonchev–Trinajstić information content (AvgIpc) is 2.90. The highest BCUT2D eigenvalue weighted by molar-refractivity contribution is 5.73. The Bertz CT molecular complexity index is 661. The van der Waals surface area contributed by atoms with Gasteiger partial charge in [-0.3, -0.25) is 0 Å². The van der Waals surface area contributed by atoms with Crippen LogP contribution in [0.1, 0.15) is 17.0 Å². The lowest BCUT2D eigenvalue weighted by Crippen LogP contribution is -2.36. The number of carbonyl (C=O) groups is 1. The van der Waals surface area contributed by atoms with Gasteiger partial charge in [-0.05, 0) is 13.0 Å². The van der Waals surface area contributed by atoms with Crippen LogP contribution in [0.25, 0.3) is 0 Å². The second-order valence-electron chi connectivity index (χ2n) is 4.93. The third kappa shape index (κ3) is 4.94. The standard InChI is InChI=1S/C15H17F2N3O3/c1-10-7-12(19-23-10)9-20(2)15(21)18-8-11-5-3-4-6-13(11)22-14(16)17/h3-7,14H,8-9H2,1-2H3,(H,18,21). The first-order chi connectivity index (χ1) is 11.0. The van der Waals surface area contributed by atoms with Gasteiger partial charge in [0.25, 0.3) is 0 Å².